The van der Waals surface area contributed by atoms with Crippen molar-refractivity contribution in [1.82, 2.24) is 34.3 Å². The zero-order valence-electron chi connectivity index (χ0n) is 20.1. The van der Waals surface area contributed by atoms with Crippen molar-refractivity contribution in [2.24, 2.45) is 0 Å². The Labute approximate surface area is 216 Å². The van der Waals surface area contributed by atoms with Gasteiger partial charge in [-0.05, 0) is 30.0 Å². The Morgan fingerprint density at radius 2 is 2.08 bits per heavy atom. The van der Waals surface area contributed by atoms with E-state index in [4.69, 9.17) is 15.6 Å². The van der Waals surface area contributed by atoms with Crippen LogP contribution in [-0.4, -0.2) is 46.1 Å². The van der Waals surface area contributed by atoms with E-state index in [0.717, 1.165) is 69.5 Å². The minimum Gasteiger partial charge on any atom is -0.465 e. The van der Waals surface area contributed by atoms with Gasteiger partial charge in [0.25, 0.3) is 0 Å². The minimum absolute atomic E-state index is 0.421. The number of aryl methyl sites for hydroxylation is 2. The Morgan fingerprint density at radius 3 is 3.03 bits per heavy atom. The summed E-state index contributed by atoms with van der Waals surface area (Å²) in [7, 11) is 0. The van der Waals surface area contributed by atoms with Crippen LogP contribution in [-0.2, 0) is 19.5 Å². The molecule has 2 aliphatic heterocycles. The van der Waals surface area contributed by atoms with E-state index in [1.807, 2.05) is 36.1 Å². The van der Waals surface area contributed by atoms with Crippen molar-refractivity contribution in [1.29, 1.82) is 0 Å². The van der Waals surface area contributed by atoms with Crippen LogP contribution < -0.4 is 21.1 Å². The van der Waals surface area contributed by atoms with Crippen molar-refractivity contribution in [2.75, 3.05) is 28.2 Å². The Kier molecular flexibility index (Phi) is 5.13. The molecule has 5 aromatic rings. The predicted molar refractivity (Wildman–Crippen MR) is 144 cm³/mol. The lowest BCUT2D eigenvalue weighted by molar-refractivity contribution is 0.381. The molecule has 0 saturated heterocycles. The van der Waals surface area contributed by atoms with Crippen LogP contribution in [0.2, 0.25) is 0 Å². The fraction of sp³-hybridized carbons (Fsp3) is 0.240. The molecule has 5 aromatic heterocycles. The summed E-state index contributed by atoms with van der Waals surface area (Å²) in [5.41, 5.74) is 11.1. The van der Waals surface area contributed by atoms with Crippen LogP contribution in [0.1, 0.15) is 17.1 Å². The van der Waals surface area contributed by atoms with E-state index in [2.05, 4.69) is 41.2 Å². The SMILES string of the molecule is Cc1c(-c2cc3cc(Nc4cc5n(n4)Cc4nccn4CC5)ncc3c(N)n2)cnc2c1NCSCO2. The number of pyridine rings is 3. The predicted octanol–water partition coefficient (Wildman–Crippen LogP) is 3.78. The number of ether oxygens (including phenoxy) is 1. The van der Waals surface area contributed by atoms with Crippen LogP contribution in [0, 0.1) is 6.92 Å². The third kappa shape index (κ3) is 3.89. The highest BCUT2D eigenvalue weighted by atomic mass is 32.2. The average Bonchev–Trinajstić information content (AvgIpc) is 3.35. The molecule has 0 bridgehead atoms. The van der Waals surface area contributed by atoms with Crippen molar-refractivity contribution >= 4 is 45.7 Å². The summed E-state index contributed by atoms with van der Waals surface area (Å²) < 4.78 is 9.92. The van der Waals surface area contributed by atoms with E-state index in [9.17, 15) is 0 Å². The molecule has 0 amide bonds. The summed E-state index contributed by atoms with van der Waals surface area (Å²) in [5.74, 6) is 4.80. The number of rotatable bonds is 3. The van der Waals surface area contributed by atoms with Crippen LogP contribution in [0.3, 0.4) is 0 Å². The smallest absolute Gasteiger partial charge is 0.238 e. The molecule has 0 aromatic carbocycles. The molecular weight excluding hydrogens is 488 g/mol. The second-order valence-corrected chi connectivity index (χ2v) is 9.97. The number of thioether (sulfide) groups is 1. The largest absolute Gasteiger partial charge is 0.465 e. The van der Waals surface area contributed by atoms with Gasteiger partial charge < -0.3 is 25.7 Å². The average molecular weight is 513 g/mol. The number of anilines is 4. The number of fused-ring (bicyclic) bond motifs is 4. The summed E-state index contributed by atoms with van der Waals surface area (Å²) >= 11 is 1.66. The first-order valence-electron chi connectivity index (χ1n) is 12.0. The lowest BCUT2D eigenvalue weighted by Crippen LogP contribution is -2.06. The van der Waals surface area contributed by atoms with Crippen molar-refractivity contribution < 1.29 is 4.74 Å². The standard InChI is InChI=1S/C25H24N10OS/c1-14-17(9-29-25-23(14)30-12-37-13-36-25)19-6-15-7-20(28-10-18(15)24(26)31-19)32-21-8-16-2-4-34-5-3-27-22(34)11-35(16)33-21/h3,5-10,30H,2,4,11-13H2,1H3,(H2,26,31)(H,28,32,33). The number of nitrogens with two attached hydrogens (primary N) is 1. The maximum atomic E-state index is 6.36. The first-order valence-corrected chi connectivity index (χ1v) is 13.1. The van der Waals surface area contributed by atoms with Crippen molar-refractivity contribution in [2.45, 2.75) is 26.4 Å². The summed E-state index contributed by atoms with van der Waals surface area (Å²) in [6.07, 6.45) is 8.28. The van der Waals surface area contributed by atoms with Crippen LogP contribution in [0.25, 0.3) is 22.0 Å². The third-order valence-corrected chi connectivity index (χ3v) is 7.41. The Morgan fingerprint density at radius 1 is 1.14 bits per heavy atom. The van der Waals surface area contributed by atoms with Gasteiger partial charge in [0.2, 0.25) is 5.88 Å². The van der Waals surface area contributed by atoms with Gasteiger partial charge in [-0.2, -0.15) is 5.10 Å². The second-order valence-electron chi connectivity index (χ2n) is 9.04. The number of aromatic nitrogens is 7. The van der Waals surface area contributed by atoms with Crippen LogP contribution in [0.4, 0.5) is 23.1 Å². The van der Waals surface area contributed by atoms with E-state index >= 15 is 0 Å². The molecule has 11 nitrogen and oxygen atoms in total. The summed E-state index contributed by atoms with van der Waals surface area (Å²) in [4.78, 5) is 18.2. The molecule has 0 aliphatic carbocycles. The van der Waals surface area contributed by atoms with E-state index in [0.29, 0.717) is 30.0 Å². The fourth-order valence-corrected chi connectivity index (χ4v) is 5.37. The van der Waals surface area contributed by atoms with Crippen molar-refractivity contribution in [3.8, 4) is 17.1 Å². The molecule has 2 aliphatic rings. The normalized spacial score (nSPS) is 14.5. The van der Waals surface area contributed by atoms with Crippen LogP contribution in [0.15, 0.2) is 43.0 Å². The zero-order chi connectivity index (χ0) is 24.9. The topological polar surface area (TPSA) is 134 Å². The molecule has 0 fully saturated rings. The Bertz CT molecular complexity index is 1660. The second kappa shape index (κ2) is 8.66. The molecule has 7 rings (SSSR count). The number of hydrogen-bond acceptors (Lipinski definition) is 10. The Hall–Kier alpha value is -4.32. The van der Waals surface area contributed by atoms with Crippen molar-refractivity contribution in [3.05, 3.63) is 60.1 Å². The summed E-state index contributed by atoms with van der Waals surface area (Å²) in [6, 6.07) is 6.06. The number of nitrogens with zero attached hydrogens (tertiary/aromatic N) is 7. The summed E-state index contributed by atoms with van der Waals surface area (Å²) in [6.45, 7) is 3.58. The van der Waals surface area contributed by atoms with E-state index in [1.165, 1.54) is 0 Å². The molecule has 12 heteroatoms. The van der Waals surface area contributed by atoms with Gasteiger partial charge in [-0.3, -0.25) is 4.68 Å². The van der Waals surface area contributed by atoms with Gasteiger partial charge in [0, 0.05) is 60.5 Å². The lowest BCUT2D eigenvalue weighted by atomic mass is 10.0. The first kappa shape index (κ1) is 21.9. The van der Waals surface area contributed by atoms with Gasteiger partial charge in [0.05, 0.1) is 18.1 Å². The number of hydrogen-bond donors (Lipinski definition) is 3. The molecule has 0 unspecified atom stereocenters. The molecule has 4 N–H and O–H groups in total. The third-order valence-electron chi connectivity index (χ3n) is 6.78. The number of nitrogen functional groups attached to an aromatic ring is 1. The molecule has 0 atom stereocenters. The number of imidazole rings is 1. The molecule has 0 radical (unpaired) electrons. The molecular formula is C25H24N10OS. The summed E-state index contributed by atoms with van der Waals surface area (Å²) in [5, 5.41) is 13.2. The molecule has 0 saturated carbocycles. The van der Waals surface area contributed by atoms with Gasteiger partial charge >= 0.3 is 0 Å². The maximum Gasteiger partial charge on any atom is 0.238 e. The number of nitrogens with one attached hydrogen (secondary N) is 2. The first-order chi connectivity index (χ1) is 18.1. The molecule has 0 spiro atoms. The highest BCUT2D eigenvalue weighted by Crippen LogP contribution is 2.37. The van der Waals surface area contributed by atoms with Crippen LogP contribution >= 0.6 is 11.8 Å². The minimum atomic E-state index is 0.421. The zero-order valence-corrected chi connectivity index (χ0v) is 20.9. The van der Waals surface area contributed by atoms with Crippen molar-refractivity contribution in [3.63, 3.8) is 0 Å². The quantitative estimate of drug-likeness (QED) is 0.328. The lowest BCUT2D eigenvalue weighted by Gasteiger charge is -2.14. The van der Waals surface area contributed by atoms with E-state index < -0.39 is 0 Å². The molecule has 37 heavy (non-hydrogen) atoms. The molecule has 7 heterocycles. The fourth-order valence-electron chi connectivity index (χ4n) is 4.85. The monoisotopic (exact) mass is 512 g/mol. The van der Waals surface area contributed by atoms with Crippen LogP contribution in [0.5, 0.6) is 5.88 Å². The van der Waals surface area contributed by atoms with Gasteiger partial charge in [0.15, 0.2) is 5.82 Å². The van der Waals surface area contributed by atoms with Gasteiger partial charge in [-0.25, -0.2) is 19.9 Å². The highest BCUT2D eigenvalue weighted by molar-refractivity contribution is 7.99. The molecule has 186 valence electrons. The van der Waals surface area contributed by atoms with Gasteiger partial charge in [-0.1, -0.05) is 11.8 Å². The van der Waals surface area contributed by atoms with Gasteiger partial charge in [-0.15, -0.1) is 0 Å². The van der Waals surface area contributed by atoms with Gasteiger partial charge in [0.1, 0.15) is 29.1 Å². The Balaban J connectivity index is 1.21. The maximum absolute atomic E-state index is 6.36. The van der Waals surface area contributed by atoms with E-state index in [1.54, 1.807) is 24.2 Å². The van der Waals surface area contributed by atoms with E-state index in [-0.39, 0.29) is 0 Å². The highest BCUT2D eigenvalue weighted by Gasteiger charge is 2.19.